The van der Waals surface area contributed by atoms with Crippen molar-refractivity contribution in [2.24, 2.45) is 5.41 Å². The largest absolute Gasteiger partial charge is 0.497 e. The fourth-order valence-electron chi connectivity index (χ4n) is 2.42. The number of carbonyl (C=O) groups is 1. The molecule has 0 aliphatic heterocycles. The quantitative estimate of drug-likeness (QED) is 0.816. The highest BCUT2D eigenvalue weighted by atomic mass is 16.5. The van der Waals surface area contributed by atoms with Crippen LogP contribution in [-0.2, 0) is 4.79 Å². The molecule has 100 valence electrons. The summed E-state index contributed by atoms with van der Waals surface area (Å²) in [5, 5.41) is 0. The lowest BCUT2D eigenvalue weighted by Gasteiger charge is -2.27. The molecule has 0 fully saturated rings. The van der Waals surface area contributed by atoms with E-state index in [0.29, 0.717) is 6.42 Å². The van der Waals surface area contributed by atoms with Crippen molar-refractivity contribution in [3.8, 4) is 5.75 Å². The Labute approximate surface area is 114 Å². The molecule has 1 aromatic carbocycles. The molecule has 1 aliphatic carbocycles. The van der Waals surface area contributed by atoms with Gasteiger partial charge in [0, 0.05) is 6.42 Å². The molecule has 19 heavy (non-hydrogen) atoms. The number of benzene rings is 1. The van der Waals surface area contributed by atoms with E-state index < -0.39 is 0 Å². The Balaban J connectivity index is 2.11. The predicted molar refractivity (Wildman–Crippen MR) is 78.1 cm³/mol. The maximum atomic E-state index is 11.7. The third-order valence-corrected chi connectivity index (χ3v) is 3.29. The van der Waals surface area contributed by atoms with Gasteiger partial charge in [-0.3, -0.25) is 4.79 Å². The summed E-state index contributed by atoms with van der Waals surface area (Å²) in [6, 6.07) is 7.88. The molecule has 0 bridgehead atoms. The zero-order valence-electron chi connectivity index (χ0n) is 11.8. The highest BCUT2D eigenvalue weighted by Gasteiger charge is 2.26. The van der Waals surface area contributed by atoms with E-state index in [1.165, 1.54) is 0 Å². The molecule has 0 saturated heterocycles. The molecule has 0 N–H and O–H groups in total. The molecule has 0 heterocycles. The van der Waals surface area contributed by atoms with Gasteiger partial charge in [-0.25, -0.2) is 0 Å². The SMILES string of the molecule is COc1ccc(/C=C\C2=CC(=O)CC(C)(C)C2)cc1. The van der Waals surface area contributed by atoms with E-state index in [-0.39, 0.29) is 11.2 Å². The van der Waals surface area contributed by atoms with Crippen LogP contribution in [0.15, 0.2) is 42.0 Å². The first-order valence-electron chi connectivity index (χ1n) is 6.54. The molecule has 0 amide bonds. The van der Waals surface area contributed by atoms with Gasteiger partial charge in [-0.15, -0.1) is 0 Å². The molecule has 1 aromatic rings. The summed E-state index contributed by atoms with van der Waals surface area (Å²) in [5.41, 5.74) is 2.29. The molecule has 1 aliphatic rings. The Morgan fingerprint density at radius 2 is 1.79 bits per heavy atom. The summed E-state index contributed by atoms with van der Waals surface area (Å²) >= 11 is 0. The highest BCUT2D eigenvalue weighted by Crippen LogP contribution is 2.34. The van der Waals surface area contributed by atoms with Crippen LogP contribution in [0, 0.1) is 5.41 Å². The van der Waals surface area contributed by atoms with Gasteiger partial charge in [-0.1, -0.05) is 38.1 Å². The van der Waals surface area contributed by atoms with Gasteiger partial charge < -0.3 is 4.74 Å². The van der Waals surface area contributed by atoms with Gasteiger partial charge >= 0.3 is 0 Å². The molecular weight excluding hydrogens is 236 g/mol. The van der Waals surface area contributed by atoms with Crippen molar-refractivity contribution in [3.05, 3.63) is 47.6 Å². The van der Waals surface area contributed by atoms with E-state index in [9.17, 15) is 4.79 Å². The minimum atomic E-state index is 0.0748. The molecule has 0 atom stereocenters. The lowest BCUT2D eigenvalue weighted by Crippen LogP contribution is -2.21. The van der Waals surface area contributed by atoms with Gasteiger partial charge in [0.25, 0.3) is 0 Å². The average Bonchev–Trinajstić information content (AvgIpc) is 2.34. The van der Waals surface area contributed by atoms with Crippen LogP contribution in [-0.4, -0.2) is 12.9 Å². The average molecular weight is 256 g/mol. The Kier molecular flexibility index (Phi) is 3.89. The predicted octanol–water partition coefficient (Wildman–Crippen LogP) is 4.02. The molecule has 0 aromatic heterocycles. The van der Waals surface area contributed by atoms with Crippen LogP contribution in [0.3, 0.4) is 0 Å². The summed E-state index contributed by atoms with van der Waals surface area (Å²) in [6.07, 6.45) is 7.45. The fraction of sp³-hybridized carbons (Fsp3) is 0.353. The Bertz CT molecular complexity index is 519. The van der Waals surface area contributed by atoms with Crippen LogP contribution < -0.4 is 4.74 Å². The first kappa shape index (κ1) is 13.6. The number of rotatable bonds is 3. The number of ketones is 1. The summed E-state index contributed by atoms with van der Waals surface area (Å²) in [6.45, 7) is 4.28. The third-order valence-electron chi connectivity index (χ3n) is 3.29. The maximum Gasteiger partial charge on any atom is 0.156 e. The van der Waals surface area contributed by atoms with Crippen LogP contribution in [0.4, 0.5) is 0 Å². The molecule has 0 radical (unpaired) electrons. The summed E-state index contributed by atoms with van der Waals surface area (Å²) in [7, 11) is 1.66. The summed E-state index contributed by atoms with van der Waals surface area (Å²) in [5.74, 6) is 1.08. The molecule has 2 nitrogen and oxygen atoms in total. The van der Waals surface area contributed by atoms with Crippen LogP contribution >= 0.6 is 0 Å². The van der Waals surface area contributed by atoms with Gasteiger partial charge in [0.05, 0.1) is 7.11 Å². The fourth-order valence-corrected chi connectivity index (χ4v) is 2.42. The van der Waals surface area contributed by atoms with E-state index in [2.05, 4.69) is 13.8 Å². The topological polar surface area (TPSA) is 26.3 Å². The van der Waals surface area contributed by atoms with Crippen LogP contribution in [0.25, 0.3) is 6.08 Å². The third kappa shape index (κ3) is 3.82. The van der Waals surface area contributed by atoms with Crippen molar-refractivity contribution >= 4 is 11.9 Å². The van der Waals surface area contributed by atoms with E-state index >= 15 is 0 Å². The molecule has 0 spiro atoms. The summed E-state index contributed by atoms with van der Waals surface area (Å²) in [4.78, 5) is 11.7. The minimum absolute atomic E-state index is 0.0748. The highest BCUT2D eigenvalue weighted by molar-refractivity contribution is 5.92. The van der Waals surface area contributed by atoms with Crippen molar-refractivity contribution < 1.29 is 9.53 Å². The Morgan fingerprint density at radius 3 is 2.37 bits per heavy atom. The monoisotopic (exact) mass is 256 g/mol. The second-order valence-corrected chi connectivity index (χ2v) is 5.81. The standard InChI is InChI=1S/C17H20O2/c1-17(2)11-14(10-15(18)12-17)5-4-13-6-8-16(19-3)9-7-13/h4-10H,11-12H2,1-3H3/b5-4-. The molecule has 0 unspecified atom stereocenters. The number of allylic oxidation sites excluding steroid dienone is 3. The van der Waals surface area contributed by atoms with E-state index in [4.69, 9.17) is 4.74 Å². The number of hydrogen-bond donors (Lipinski definition) is 0. The Hall–Kier alpha value is -1.83. The second-order valence-electron chi connectivity index (χ2n) is 5.81. The second kappa shape index (κ2) is 5.43. The molecular formula is C17H20O2. The number of ether oxygens (including phenoxy) is 1. The van der Waals surface area contributed by atoms with Crippen molar-refractivity contribution in [1.82, 2.24) is 0 Å². The zero-order chi connectivity index (χ0) is 13.9. The van der Waals surface area contributed by atoms with Gasteiger partial charge in [0.15, 0.2) is 5.78 Å². The van der Waals surface area contributed by atoms with Gasteiger partial charge in [0.1, 0.15) is 5.75 Å². The first-order valence-corrected chi connectivity index (χ1v) is 6.54. The van der Waals surface area contributed by atoms with Crippen LogP contribution in [0.5, 0.6) is 5.75 Å². The van der Waals surface area contributed by atoms with Crippen molar-refractivity contribution in [2.75, 3.05) is 7.11 Å². The molecule has 0 saturated carbocycles. The van der Waals surface area contributed by atoms with Gasteiger partial charge in [-0.2, -0.15) is 0 Å². The zero-order valence-corrected chi connectivity index (χ0v) is 11.8. The van der Waals surface area contributed by atoms with Gasteiger partial charge in [-0.05, 0) is 41.2 Å². The molecule has 2 rings (SSSR count). The van der Waals surface area contributed by atoms with E-state index in [1.807, 2.05) is 36.4 Å². The normalized spacial score (nSPS) is 18.5. The number of methoxy groups -OCH3 is 1. The first-order chi connectivity index (χ1) is 8.98. The Morgan fingerprint density at radius 1 is 1.11 bits per heavy atom. The minimum Gasteiger partial charge on any atom is -0.497 e. The van der Waals surface area contributed by atoms with Crippen molar-refractivity contribution in [3.63, 3.8) is 0 Å². The van der Waals surface area contributed by atoms with Crippen LogP contribution in [0.1, 0.15) is 32.3 Å². The number of hydrogen-bond acceptors (Lipinski definition) is 2. The van der Waals surface area contributed by atoms with Crippen LogP contribution in [0.2, 0.25) is 0 Å². The molecule has 2 heteroatoms. The summed E-state index contributed by atoms with van der Waals surface area (Å²) < 4.78 is 5.12. The van der Waals surface area contributed by atoms with E-state index in [0.717, 1.165) is 23.3 Å². The smallest absolute Gasteiger partial charge is 0.156 e. The lowest BCUT2D eigenvalue weighted by atomic mass is 9.77. The lowest BCUT2D eigenvalue weighted by molar-refractivity contribution is -0.116. The maximum absolute atomic E-state index is 11.7. The number of carbonyl (C=O) groups excluding carboxylic acids is 1. The van der Waals surface area contributed by atoms with Crippen molar-refractivity contribution in [1.29, 1.82) is 0 Å². The van der Waals surface area contributed by atoms with Crippen molar-refractivity contribution in [2.45, 2.75) is 26.7 Å². The van der Waals surface area contributed by atoms with Gasteiger partial charge in [0.2, 0.25) is 0 Å². The van der Waals surface area contributed by atoms with E-state index in [1.54, 1.807) is 13.2 Å².